The molecule has 0 amide bonds. The minimum Gasteiger partial charge on any atom is -0.478 e. The summed E-state index contributed by atoms with van der Waals surface area (Å²) < 4.78 is 10.8. The molecule has 3 heteroatoms. The van der Waals surface area contributed by atoms with Crippen molar-refractivity contribution in [3.8, 4) is 0 Å². The highest BCUT2D eigenvalue weighted by atomic mass is 27.2. The first kappa shape index (κ1) is 10.5. The Bertz CT molecular complexity index is 76.0. The Morgan fingerprint density at radius 1 is 1.40 bits per heavy atom. The Labute approximate surface area is 68.2 Å². The molecule has 0 aliphatic carbocycles. The minimum absolute atomic E-state index is 0.00613. The Morgan fingerprint density at radius 3 is 2.40 bits per heavy atom. The lowest BCUT2D eigenvalue weighted by Crippen LogP contribution is -2.20. The van der Waals surface area contributed by atoms with Crippen molar-refractivity contribution in [2.75, 3.05) is 6.61 Å². The topological polar surface area (TPSA) is 18.5 Å². The van der Waals surface area contributed by atoms with Gasteiger partial charge < -0.3 is 8.53 Å². The zero-order chi connectivity index (χ0) is 7.98. The quantitative estimate of drug-likeness (QED) is 0.452. The lowest BCUT2D eigenvalue weighted by Gasteiger charge is -2.15. The van der Waals surface area contributed by atoms with Crippen LogP contribution in [-0.4, -0.2) is 27.4 Å². The zero-order valence-corrected chi connectivity index (χ0v) is 8.54. The third-order valence-electron chi connectivity index (χ3n) is 1.02. The molecule has 2 nitrogen and oxygen atoms in total. The molecule has 0 N–H and O–H groups in total. The van der Waals surface area contributed by atoms with Gasteiger partial charge in [0.2, 0.25) is 0 Å². The summed E-state index contributed by atoms with van der Waals surface area (Å²) in [6, 6.07) is 0. The van der Waals surface area contributed by atoms with E-state index in [1.165, 1.54) is 0 Å². The molecule has 0 bridgehead atoms. The molecule has 0 aliphatic rings. The Morgan fingerprint density at radius 2 is 2.00 bits per heavy atom. The van der Waals surface area contributed by atoms with Crippen molar-refractivity contribution in [3.05, 3.63) is 0 Å². The van der Waals surface area contributed by atoms with Crippen LogP contribution in [0.5, 0.6) is 0 Å². The van der Waals surface area contributed by atoms with E-state index in [0.29, 0.717) is 0 Å². The van der Waals surface area contributed by atoms with Gasteiger partial charge in [-0.1, -0.05) is 18.5 Å². The van der Waals surface area contributed by atoms with Crippen LogP contribution in [0.15, 0.2) is 0 Å². The summed E-state index contributed by atoms with van der Waals surface area (Å²) in [6.45, 7) is 4.87. The molecule has 0 spiro atoms. The maximum atomic E-state index is 5.47. The predicted molar refractivity (Wildman–Crippen MR) is 44.3 cm³/mol. The highest BCUT2D eigenvalue weighted by Gasteiger charge is 2.08. The fourth-order valence-electron chi connectivity index (χ4n) is 0.706. The third-order valence-corrected chi connectivity index (χ3v) is 1.95. The van der Waals surface area contributed by atoms with Gasteiger partial charge in [-0.25, -0.2) is 0 Å². The van der Waals surface area contributed by atoms with Gasteiger partial charge in [-0.15, -0.1) is 0 Å². The Kier molecular flexibility index (Phi) is 6.46. The molecular weight excluding hydrogens is 143 g/mol. The molecule has 1 atom stereocenters. The molecule has 0 aromatic rings. The van der Waals surface area contributed by atoms with E-state index in [2.05, 4.69) is 18.5 Å². The molecule has 0 saturated carbocycles. The largest absolute Gasteiger partial charge is 0.478 e. The van der Waals surface area contributed by atoms with Crippen molar-refractivity contribution in [2.24, 2.45) is 0 Å². The average Bonchev–Trinajstić information content (AvgIpc) is 1.82. The van der Waals surface area contributed by atoms with Crippen molar-refractivity contribution in [1.29, 1.82) is 0 Å². The lowest BCUT2D eigenvalue weighted by atomic mass is 10.5. The first-order valence-corrected chi connectivity index (χ1v) is 6.72. The molecule has 0 aliphatic heterocycles. The first-order valence-electron chi connectivity index (χ1n) is 3.93. The van der Waals surface area contributed by atoms with Crippen molar-refractivity contribution in [3.63, 3.8) is 0 Å². The van der Waals surface area contributed by atoms with Crippen molar-refractivity contribution >= 4 is 14.5 Å². The van der Waals surface area contributed by atoms with Gasteiger partial charge in [0.25, 0.3) is 0 Å². The van der Waals surface area contributed by atoms with Crippen LogP contribution in [0.3, 0.4) is 0 Å². The normalized spacial score (nSPS) is 13.2. The summed E-state index contributed by atoms with van der Waals surface area (Å²) >= 11 is -0.896. The van der Waals surface area contributed by atoms with Gasteiger partial charge >= 0.3 is 14.5 Å². The summed E-state index contributed by atoms with van der Waals surface area (Å²) in [5, 5.41) is 0. The SMILES string of the molecule is CCCOC(C)[O][Al]([CH3])[CH3]. The van der Waals surface area contributed by atoms with E-state index in [1.807, 2.05) is 6.92 Å². The van der Waals surface area contributed by atoms with E-state index in [9.17, 15) is 0 Å². The molecule has 1 unspecified atom stereocenters. The molecule has 0 aromatic heterocycles. The number of hydrogen-bond donors (Lipinski definition) is 0. The van der Waals surface area contributed by atoms with E-state index < -0.39 is 14.5 Å². The fourth-order valence-corrected chi connectivity index (χ4v) is 1.55. The van der Waals surface area contributed by atoms with E-state index in [-0.39, 0.29) is 6.29 Å². The Balaban J connectivity index is 3.16. The highest BCUT2D eigenvalue weighted by molar-refractivity contribution is 6.48. The summed E-state index contributed by atoms with van der Waals surface area (Å²) in [7, 11) is 0. The van der Waals surface area contributed by atoms with E-state index >= 15 is 0 Å². The van der Waals surface area contributed by atoms with E-state index in [0.717, 1.165) is 13.0 Å². The second-order valence-electron chi connectivity index (χ2n) is 2.62. The van der Waals surface area contributed by atoms with Gasteiger partial charge in [0.05, 0.1) is 0 Å². The molecule has 10 heavy (non-hydrogen) atoms. The van der Waals surface area contributed by atoms with Crippen LogP contribution in [0.2, 0.25) is 11.6 Å². The second kappa shape index (κ2) is 6.18. The van der Waals surface area contributed by atoms with Crippen LogP contribution < -0.4 is 0 Å². The summed E-state index contributed by atoms with van der Waals surface area (Å²) in [5.41, 5.74) is 0. The summed E-state index contributed by atoms with van der Waals surface area (Å²) in [4.78, 5) is 0. The molecule has 0 heterocycles. The van der Waals surface area contributed by atoms with Gasteiger partial charge in [-0.2, -0.15) is 0 Å². The Hall–Kier alpha value is 0.452. The molecular formula is C7H17AlO2. The van der Waals surface area contributed by atoms with Crippen molar-refractivity contribution in [2.45, 2.75) is 38.1 Å². The average molecular weight is 160 g/mol. The van der Waals surface area contributed by atoms with E-state index in [4.69, 9.17) is 8.53 Å². The predicted octanol–water partition coefficient (Wildman–Crippen LogP) is 2.03. The number of hydrogen-bond acceptors (Lipinski definition) is 2. The van der Waals surface area contributed by atoms with Gasteiger partial charge in [0, 0.05) is 6.61 Å². The molecule has 60 valence electrons. The second-order valence-corrected chi connectivity index (χ2v) is 4.99. The van der Waals surface area contributed by atoms with Gasteiger partial charge in [-0.05, 0) is 13.3 Å². The fraction of sp³-hybridized carbons (Fsp3) is 1.00. The van der Waals surface area contributed by atoms with Gasteiger partial charge in [0.15, 0.2) is 0 Å². The number of ether oxygens (including phenoxy) is 1. The number of rotatable bonds is 5. The smallest absolute Gasteiger partial charge is 0.455 e. The monoisotopic (exact) mass is 160 g/mol. The van der Waals surface area contributed by atoms with Crippen LogP contribution >= 0.6 is 0 Å². The maximum absolute atomic E-state index is 5.47. The minimum atomic E-state index is -0.896. The van der Waals surface area contributed by atoms with Crippen LogP contribution in [0.4, 0.5) is 0 Å². The van der Waals surface area contributed by atoms with Gasteiger partial charge in [-0.3, -0.25) is 0 Å². The highest BCUT2D eigenvalue weighted by Crippen LogP contribution is 1.96. The first-order chi connectivity index (χ1) is 4.66. The molecule has 0 fully saturated rings. The summed E-state index contributed by atoms with van der Waals surface area (Å²) in [5.74, 6) is 4.29. The van der Waals surface area contributed by atoms with Crippen molar-refractivity contribution < 1.29 is 8.53 Å². The molecule has 0 saturated heterocycles. The zero-order valence-electron chi connectivity index (χ0n) is 7.39. The van der Waals surface area contributed by atoms with Crippen LogP contribution in [-0.2, 0) is 8.53 Å². The maximum Gasteiger partial charge on any atom is 0.455 e. The standard InChI is InChI=1S/C5H11O2.2CH3.Al/c1-3-4-7-5(2)6;;;/h5H,3-4H2,1-2H3;2*1H3;/q-1;;;+1. The van der Waals surface area contributed by atoms with Gasteiger partial charge in [0.1, 0.15) is 6.29 Å². The van der Waals surface area contributed by atoms with E-state index in [1.54, 1.807) is 0 Å². The van der Waals surface area contributed by atoms with Crippen LogP contribution in [0.1, 0.15) is 20.3 Å². The molecule has 0 rings (SSSR count). The molecule has 0 radical (unpaired) electrons. The van der Waals surface area contributed by atoms with Crippen molar-refractivity contribution in [1.82, 2.24) is 0 Å². The third kappa shape index (κ3) is 6.57. The molecule has 0 aromatic carbocycles. The van der Waals surface area contributed by atoms with Crippen LogP contribution in [0.25, 0.3) is 0 Å². The van der Waals surface area contributed by atoms with Crippen LogP contribution in [0, 0.1) is 0 Å². The lowest BCUT2D eigenvalue weighted by molar-refractivity contribution is -0.0680. The summed E-state index contributed by atoms with van der Waals surface area (Å²) in [6.07, 6.45) is 1.07.